The van der Waals surface area contributed by atoms with Gasteiger partial charge in [0, 0.05) is 11.1 Å². The van der Waals surface area contributed by atoms with Crippen molar-refractivity contribution < 1.29 is 34.0 Å². The molecule has 0 fully saturated rings. The molecule has 0 aliphatic rings. The Morgan fingerprint density at radius 1 is 0.719 bits per heavy atom. The van der Waals surface area contributed by atoms with Crippen molar-refractivity contribution in [2.24, 2.45) is 0 Å². The van der Waals surface area contributed by atoms with E-state index in [4.69, 9.17) is 18.9 Å². The molecule has 2 aromatic carbocycles. The maximum atomic E-state index is 12.9. The molecule has 0 bridgehead atoms. The minimum Gasteiger partial charge on any atom is -0.493 e. The van der Waals surface area contributed by atoms with Gasteiger partial charge >= 0.3 is 6.16 Å². The molecule has 0 saturated heterocycles. The van der Waals surface area contributed by atoms with E-state index in [2.05, 4.69) is 0 Å². The zero-order valence-corrected chi connectivity index (χ0v) is 20.2. The molecule has 32 heavy (non-hydrogen) atoms. The summed E-state index contributed by atoms with van der Waals surface area (Å²) in [6.07, 6.45) is -1.04. The van der Waals surface area contributed by atoms with Gasteiger partial charge in [-0.2, -0.15) is 0 Å². The van der Waals surface area contributed by atoms with Gasteiger partial charge in [0.1, 0.15) is 0 Å². The lowest BCUT2D eigenvalue weighted by atomic mass is 9.83. The Balaban J connectivity index is 2.52. The summed E-state index contributed by atoms with van der Waals surface area (Å²) in [5, 5.41) is 20.1. The molecule has 2 rings (SSSR count). The highest BCUT2D eigenvalue weighted by atomic mass is 16.7. The van der Waals surface area contributed by atoms with Gasteiger partial charge in [0.05, 0.1) is 27.4 Å². The fourth-order valence-corrected chi connectivity index (χ4v) is 3.66. The molecular weight excluding hydrogens is 412 g/mol. The summed E-state index contributed by atoms with van der Waals surface area (Å²) < 4.78 is 21.8. The fraction of sp³-hybridized carbons (Fsp3) is 0.480. The highest BCUT2D eigenvalue weighted by Gasteiger charge is 2.28. The first kappa shape index (κ1) is 25.5. The van der Waals surface area contributed by atoms with E-state index in [9.17, 15) is 15.0 Å². The van der Waals surface area contributed by atoms with Crippen molar-refractivity contribution >= 4 is 6.16 Å². The van der Waals surface area contributed by atoms with Crippen LogP contribution in [0.3, 0.4) is 0 Å². The van der Waals surface area contributed by atoms with Crippen molar-refractivity contribution in [3.63, 3.8) is 0 Å². The second-order valence-corrected chi connectivity index (χ2v) is 9.52. The zero-order chi connectivity index (χ0) is 24.3. The van der Waals surface area contributed by atoms with Crippen LogP contribution in [0, 0.1) is 0 Å². The van der Waals surface area contributed by atoms with Gasteiger partial charge in [-0.05, 0) is 34.1 Å². The van der Waals surface area contributed by atoms with Crippen molar-refractivity contribution in [3.05, 3.63) is 46.5 Å². The molecule has 0 aliphatic carbocycles. The van der Waals surface area contributed by atoms with Crippen molar-refractivity contribution in [3.8, 4) is 23.0 Å². The van der Waals surface area contributed by atoms with Gasteiger partial charge in [0.15, 0.2) is 23.0 Å². The van der Waals surface area contributed by atoms with Crippen LogP contribution in [0.25, 0.3) is 0 Å². The van der Waals surface area contributed by atoms with Crippen molar-refractivity contribution in [1.29, 1.82) is 0 Å². The molecule has 0 unspecified atom stereocenters. The minimum absolute atomic E-state index is 0.0870. The molecule has 7 heteroatoms. The summed E-state index contributed by atoms with van der Waals surface area (Å²) in [4.78, 5) is 12.9. The van der Waals surface area contributed by atoms with Gasteiger partial charge in [-0.1, -0.05) is 53.7 Å². The van der Waals surface area contributed by atoms with Crippen LogP contribution < -0.4 is 18.9 Å². The average molecular weight is 447 g/mol. The Morgan fingerprint density at radius 3 is 1.31 bits per heavy atom. The molecule has 0 heterocycles. The van der Waals surface area contributed by atoms with E-state index in [1.807, 2.05) is 53.7 Å². The van der Waals surface area contributed by atoms with Gasteiger partial charge in [0.25, 0.3) is 0 Å². The minimum atomic E-state index is -1.04. The first-order valence-electron chi connectivity index (χ1n) is 10.4. The monoisotopic (exact) mass is 446 g/mol. The summed E-state index contributed by atoms with van der Waals surface area (Å²) in [5.74, 6) is 0.751. The summed E-state index contributed by atoms with van der Waals surface area (Å²) in [6.45, 7) is 11.3. The van der Waals surface area contributed by atoms with E-state index in [0.717, 1.165) is 11.1 Å². The number of carbonyl (C=O) groups excluding carboxylic acids is 1. The Morgan fingerprint density at radius 2 is 1.06 bits per heavy atom. The normalized spacial score (nSPS) is 11.8. The van der Waals surface area contributed by atoms with Gasteiger partial charge in [-0.15, -0.1) is 0 Å². The molecule has 176 valence electrons. The summed E-state index contributed by atoms with van der Waals surface area (Å²) in [6, 6.07) is 7.04. The lowest BCUT2D eigenvalue weighted by Gasteiger charge is -2.26. The van der Waals surface area contributed by atoms with Crippen LogP contribution >= 0.6 is 0 Å². The van der Waals surface area contributed by atoms with Crippen LogP contribution in [0.4, 0.5) is 4.79 Å². The van der Waals surface area contributed by atoms with Crippen LogP contribution in [-0.4, -0.2) is 30.6 Å². The van der Waals surface area contributed by atoms with Crippen LogP contribution in [0.2, 0.25) is 0 Å². The average Bonchev–Trinajstić information content (AvgIpc) is 2.71. The molecule has 2 N–H and O–H groups in total. The summed E-state index contributed by atoms with van der Waals surface area (Å²) >= 11 is 0. The number of hydrogen-bond donors (Lipinski definition) is 2. The Kier molecular flexibility index (Phi) is 7.80. The molecule has 0 aliphatic heterocycles. The number of methoxy groups -OCH3 is 2. The lowest BCUT2D eigenvalue weighted by Crippen LogP contribution is -2.21. The summed E-state index contributed by atoms with van der Waals surface area (Å²) in [7, 11) is 2.90. The van der Waals surface area contributed by atoms with E-state index in [1.165, 1.54) is 14.2 Å². The van der Waals surface area contributed by atoms with Crippen LogP contribution in [0.15, 0.2) is 24.3 Å². The molecule has 0 aromatic heterocycles. The third kappa shape index (κ3) is 5.34. The molecule has 2 aromatic rings. The largest absolute Gasteiger partial charge is 0.519 e. The Bertz CT molecular complexity index is 888. The number of carbonyl (C=O) groups is 1. The predicted octanol–water partition coefficient (Wildman–Crippen LogP) is 4.86. The molecular formula is C25H34O7. The molecule has 7 nitrogen and oxygen atoms in total. The standard InChI is InChI=1S/C25H34O7/c1-24(2,3)17-9-11-19(29-7)21(15(17)13-26)31-23(28)32-22-16(14-27)18(25(4,5)6)10-12-20(22)30-8/h9-12,26-27H,13-14H2,1-8H3. The van der Waals surface area contributed by atoms with E-state index in [1.54, 1.807) is 12.1 Å². The van der Waals surface area contributed by atoms with Gasteiger partial charge in [-0.3, -0.25) is 0 Å². The van der Waals surface area contributed by atoms with E-state index >= 15 is 0 Å². The number of aliphatic hydroxyl groups excluding tert-OH is 2. The maximum absolute atomic E-state index is 12.9. The third-order valence-electron chi connectivity index (χ3n) is 5.19. The second-order valence-electron chi connectivity index (χ2n) is 9.52. The maximum Gasteiger partial charge on any atom is 0.519 e. The molecule has 0 saturated carbocycles. The van der Waals surface area contributed by atoms with Crippen molar-refractivity contribution in [2.75, 3.05) is 14.2 Å². The number of aliphatic hydroxyl groups is 2. The lowest BCUT2D eigenvalue weighted by molar-refractivity contribution is 0.145. The van der Waals surface area contributed by atoms with E-state index < -0.39 is 6.16 Å². The Hall–Kier alpha value is -2.77. The van der Waals surface area contributed by atoms with E-state index in [-0.39, 0.29) is 47.0 Å². The zero-order valence-electron chi connectivity index (χ0n) is 20.2. The van der Waals surface area contributed by atoms with Gasteiger partial charge in [-0.25, -0.2) is 4.79 Å². The quantitative estimate of drug-likeness (QED) is 0.483. The highest BCUT2D eigenvalue weighted by molar-refractivity contribution is 5.72. The van der Waals surface area contributed by atoms with Gasteiger partial charge in [0.2, 0.25) is 0 Å². The van der Waals surface area contributed by atoms with Crippen molar-refractivity contribution in [1.82, 2.24) is 0 Å². The highest BCUT2D eigenvalue weighted by Crippen LogP contribution is 2.41. The second kappa shape index (κ2) is 9.79. The number of hydrogen-bond acceptors (Lipinski definition) is 7. The number of rotatable bonds is 6. The number of benzene rings is 2. The smallest absolute Gasteiger partial charge is 0.493 e. The SMILES string of the molecule is COc1ccc(C(C)(C)C)c(CO)c1OC(=O)Oc1c(OC)ccc(C(C)(C)C)c1CO. The van der Waals surface area contributed by atoms with Crippen LogP contribution in [0.5, 0.6) is 23.0 Å². The summed E-state index contributed by atoms with van der Waals surface area (Å²) in [5.41, 5.74) is 1.89. The van der Waals surface area contributed by atoms with Gasteiger partial charge < -0.3 is 29.2 Å². The first-order valence-corrected chi connectivity index (χ1v) is 10.4. The molecule has 0 amide bonds. The van der Waals surface area contributed by atoms with Crippen LogP contribution in [0.1, 0.15) is 63.8 Å². The fourth-order valence-electron chi connectivity index (χ4n) is 3.66. The van der Waals surface area contributed by atoms with E-state index in [0.29, 0.717) is 11.1 Å². The topological polar surface area (TPSA) is 94.5 Å². The van der Waals surface area contributed by atoms with Crippen LogP contribution in [-0.2, 0) is 24.0 Å². The third-order valence-corrected chi connectivity index (χ3v) is 5.19. The Labute approximate surface area is 189 Å². The van der Waals surface area contributed by atoms with Crippen molar-refractivity contribution in [2.45, 2.75) is 65.6 Å². The molecule has 0 radical (unpaired) electrons. The molecule has 0 atom stereocenters. The molecule has 0 spiro atoms. The predicted molar refractivity (Wildman–Crippen MR) is 122 cm³/mol. The number of ether oxygens (including phenoxy) is 4. The first-order chi connectivity index (χ1) is 14.9.